The Labute approximate surface area is 116 Å². The smallest absolute Gasteiger partial charge is 0.166 e. The van der Waals surface area contributed by atoms with E-state index in [1.54, 1.807) is 24.3 Å². The number of nitriles is 2. The summed E-state index contributed by atoms with van der Waals surface area (Å²) in [6, 6.07) is 10.8. The lowest BCUT2D eigenvalue weighted by Gasteiger charge is -2.17. The number of allylic oxidation sites excluding steroid dienone is 1. The number of hydrogen-bond acceptors (Lipinski definition) is 4. The first-order chi connectivity index (χ1) is 8.62. The van der Waals surface area contributed by atoms with Gasteiger partial charge in [-0.2, -0.15) is 15.1 Å². The molecule has 1 aromatic rings. The van der Waals surface area contributed by atoms with Crippen LogP contribution in [0.1, 0.15) is 12.5 Å². The quantitative estimate of drug-likeness (QED) is 0.398. The molecule has 0 aliphatic carbocycles. The summed E-state index contributed by atoms with van der Waals surface area (Å²) >= 11 is 11.7. The van der Waals surface area contributed by atoms with E-state index in [4.69, 9.17) is 33.9 Å². The topological polar surface area (TPSA) is 62.9 Å². The van der Waals surface area contributed by atoms with E-state index in [1.165, 1.54) is 5.56 Å². The standard InChI is InChI=1S/C12H10Cl2N4/c1-2-9-3-5-11(6-4-9)18(14)17-12(13)10(7-15)8-16/h3-6,17H,2H2,1H3. The minimum absolute atomic E-state index is 0.116. The van der Waals surface area contributed by atoms with Crippen molar-refractivity contribution < 1.29 is 0 Å². The molecule has 92 valence electrons. The summed E-state index contributed by atoms with van der Waals surface area (Å²) in [5.41, 5.74) is 4.14. The van der Waals surface area contributed by atoms with Gasteiger partial charge in [-0.3, -0.25) is 5.43 Å². The average molecular weight is 281 g/mol. The van der Waals surface area contributed by atoms with E-state index >= 15 is 0 Å². The van der Waals surface area contributed by atoms with Gasteiger partial charge in [-0.15, -0.1) is 0 Å². The minimum Gasteiger partial charge on any atom is -0.271 e. The first-order valence-electron chi connectivity index (χ1n) is 5.13. The second-order valence-electron chi connectivity index (χ2n) is 3.33. The number of nitrogens with one attached hydrogen (secondary N) is 1. The number of nitrogens with zero attached hydrogens (tertiary/aromatic N) is 3. The largest absolute Gasteiger partial charge is 0.271 e. The molecule has 0 bridgehead atoms. The van der Waals surface area contributed by atoms with Crippen molar-refractivity contribution >= 4 is 29.1 Å². The molecule has 0 unspecified atom stereocenters. The summed E-state index contributed by atoms with van der Waals surface area (Å²) in [4.78, 5) is 0. The zero-order chi connectivity index (χ0) is 13.5. The van der Waals surface area contributed by atoms with Crippen LogP contribution < -0.4 is 9.95 Å². The molecule has 0 amide bonds. The van der Waals surface area contributed by atoms with Crippen LogP contribution in [0.15, 0.2) is 35.0 Å². The number of benzene rings is 1. The van der Waals surface area contributed by atoms with Gasteiger partial charge in [0.15, 0.2) is 10.7 Å². The Bertz CT molecular complexity index is 506. The van der Waals surface area contributed by atoms with E-state index < -0.39 is 0 Å². The van der Waals surface area contributed by atoms with Crippen molar-refractivity contribution in [3.63, 3.8) is 0 Å². The van der Waals surface area contributed by atoms with Crippen LogP contribution in [0, 0.1) is 22.7 Å². The monoisotopic (exact) mass is 280 g/mol. The Hall–Kier alpha value is -1.88. The van der Waals surface area contributed by atoms with Gasteiger partial charge in [0.1, 0.15) is 12.1 Å². The molecule has 0 aliphatic heterocycles. The molecule has 4 nitrogen and oxygen atoms in total. The summed E-state index contributed by atoms with van der Waals surface area (Å²) in [5, 5.41) is 17.1. The van der Waals surface area contributed by atoms with Gasteiger partial charge in [-0.05, 0) is 24.1 Å². The van der Waals surface area contributed by atoms with Gasteiger partial charge in [-0.25, -0.2) is 0 Å². The number of hydrazine groups is 1. The first kappa shape index (κ1) is 14.2. The Morgan fingerprint density at radius 1 is 1.28 bits per heavy atom. The molecule has 0 fully saturated rings. The zero-order valence-corrected chi connectivity index (χ0v) is 11.1. The van der Waals surface area contributed by atoms with Gasteiger partial charge in [0.25, 0.3) is 0 Å². The van der Waals surface area contributed by atoms with Crippen LogP contribution in [0.3, 0.4) is 0 Å². The number of anilines is 1. The molecule has 0 radical (unpaired) electrons. The Morgan fingerprint density at radius 2 is 1.83 bits per heavy atom. The molecule has 0 spiro atoms. The van der Waals surface area contributed by atoms with E-state index in [0.29, 0.717) is 5.69 Å². The molecular formula is C12H10Cl2N4. The van der Waals surface area contributed by atoms with Crippen LogP contribution in [0.4, 0.5) is 5.69 Å². The predicted octanol–water partition coefficient (Wildman–Crippen LogP) is 3.21. The van der Waals surface area contributed by atoms with Gasteiger partial charge in [0.2, 0.25) is 0 Å². The Kier molecular flexibility index (Phi) is 5.32. The molecule has 0 saturated heterocycles. The summed E-state index contributed by atoms with van der Waals surface area (Å²) in [6.07, 6.45) is 0.934. The molecule has 6 heteroatoms. The maximum atomic E-state index is 8.63. The molecule has 18 heavy (non-hydrogen) atoms. The summed E-state index contributed by atoms with van der Waals surface area (Å²) in [5.74, 6) is 0. The second kappa shape index (κ2) is 6.76. The number of hydrogen-bond donors (Lipinski definition) is 1. The van der Waals surface area contributed by atoms with Crippen molar-refractivity contribution in [1.29, 1.82) is 10.5 Å². The van der Waals surface area contributed by atoms with Crippen molar-refractivity contribution in [3.05, 3.63) is 40.6 Å². The van der Waals surface area contributed by atoms with E-state index in [2.05, 4.69) is 12.3 Å². The van der Waals surface area contributed by atoms with Gasteiger partial charge >= 0.3 is 0 Å². The van der Waals surface area contributed by atoms with Gasteiger partial charge in [-0.1, -0.05) is 30.7 Å². The number of rotatable bonds is 4. The molecule has 1 aromatic carbocycles. The third kappa shape index (κ3) is 3.56. The Morgan fingerprint density at radius 3 is 2.28 bits per heavy atom. The fraction of sp³-hybridized carbons (Fsp3) is 0.167. The maximum Gasteiger partial charge on any atom is 0.166 e. The molecule has 0 saturated carbocycles. The van der Waals surface area contributed by atoms with Crippen molar-refractivity contribution in [2.45, 2.75) is 13.3 Å². The fourth-order valence-electron chi connectivity index (χ4n) is 1.19. The summed E-state index contributed by atoms with van der Waals surface area (Å²) in [7, 11) is 0. The molecule has 0 aromatic heterocycles. The molecule has 0 aliphatic rings. The normalized spacial score (nSPS) is 8.94. The van der Waals surface area contributed by atoms with Gasteiger partial charge < -0.3 is 0 Å². The first-order valence-corrected chi connectivity index (χ1v) is 5.85. The van der Waals surface area contributed by atoms with Crippen LogP contribution in [0.25, 0.3) is 0 Å². The molecule has 0 atom stereocenters. The lowest BCUT2D eigenvalue weighted by atomic mass is 10.2. The SMILES string of the molecule is CCc1ccc(N(Cl)NC(Cl)=C(C#N)C#N)cc1. The zero-order valence-electron chi connectivity index (χ0n) is 9.61. The number of aryl methyl sites for hydroxylation is 1. The Balaban J connectivity index is 2.83. The highest BCUT2D eigenvalue weighted by molar-refractivity contribution is 6.31. The maximum absolute atomic E-state index is 8.63. The van der Waals surface area contributed by atoms with E-state index in [9.17, 15) is 0 Å². The minimum atomic E-state index is -0.229. The summed E-state index contributed by atoms with van der Waals surface area (Å²) < 4.78 is 1.12. The lowest BCUT2D eigenvalue weighted by Crippen LogP contribution is -2.27. The average Bonchev–Trinajstić information content (AvgIpc) is 2.40. The number of halogens is 2. The molecule has 1 rings (SSSR count). The van der Waals surface area contributed by atoms with Crippen molar-refractivity contribution in [3.8, 4) is 12.1 Å². The van der Waals surface area contributed by atoms with Crippen molar-refractivity contribution in [2.24, 2.45) is 0 Å². The molecule has 0 heterocycles. The fourth-order valence-corrected chi connectivity index (χ4v) is 1.60. The van der Waals surface area contributed by atoms with E-state index in [1.807, 2.05) is 12.1 Å². The highest BCUT2D eigenvalue weighted by Gasteiger charge is 2.08. The van der Waals surface area contributed by atoms with Crippen LogP contribution >= 0.6 is 23.4 Å². The second-order valence-corrected chi connectivity index (χ2v) is 4.04. The van der Waals surface area contributed by atoms with E-state index in [-0.39, 0.29) is 10.7 Å². The van der Waals surface area contributed by atoms with Crippen LogP contribution in [0.5, 0.6) is 0 Å². The predicted molar refractivity (Wildman–Crippen MR) is 71.4 cm³/mol. The molecule has 1 N–H and O–H groups in total. The third-order valence-electron chi connectivity index (χ3n) is 2.21. The van der Waals surface area contributed by atoms with Crippen LogP contribution in [-0.2, 0) is 6.42 Å². The van der Waals surface area contributed by atoms with Gasteiger partial charge in [0.05, 0.1) is 5.69 Å². The van der Waals surface area contributed by atoms with Crippen molar-refractivity contribution in [1.82, 2.24) is 5.43 Å². The third-order valence-corrected chi connectivity index (χ3v) is 2.76. The molecular weight excluding hydrogens is 271 g/mol. The van der Waals surface area contributed by atoms with Crippen molar-refractivity contribution in [2.75, 3.05) is 4.53 Å². The lowest BCUT2D eigenvalue weighted by molar-refractivity contribution is 0.924. The van der Waals surface area contributed by atoms with Crippen LogP contribution in [-0.4, -0.2) is 0 Å². The summed E-state index contributed by atoms with van der Waals surface area (Å²) in [6.45, 7) is 2.05. The van der Waals surface area contributed by atoms with Crippen LogP contribution in [0.2, 0.25) is 0 Å². The van der Waals surface area contributed by atoms with E-state index in [0.717, 1.165) is 10.9 Å². The van der Waals surface area contributed by atoms with Gasteiger partial charge in [0, 0.05) is 11.8 Å². The highest BCUT2D eigenvalue weighted by Crippen LogP contribution is 2.18. The highest BCUT2D eigenvalue weighted by atomic mass is 35.5.